The number of amides is 2. The van der Waals surface area contributed by atoms with Crippen molar-refractivity contribution >= 4 is 11.8 Å². The standard InChI is InChI=1S/C16H26N2O3.CH5N/c1-3-5-8-11-14(4-2)17-15(19)12-9-6-7-10-13-16(20)18-21;1-2/h3-5,8,11,21H,6-7,9-10,12-13H2,1-2H3,(H,17,19)(H,18,20);2H2,1H3/b5-3-,11-8-,14-4+;. The molecule has 0 heterocycles. The zero-order valence-corrected chi connectivity index (χ0v) is 14.5. The number of hydroxylamine groups is 1. The van der Waals surface area contributed by atoms with Gasteiger partial charge in [0.15, 0.2) is 0 Å². The maximum Gasteiger partial charge on any atom is 0.243 e. The van der Waals surface area contributed by atoms with Crippen molar-refractivity contribution in [3.8, 4) is 0 Å². The Morgan fingerprint density at radius 2 is 1.52 bits per heavy atom. The molecule has 0 spiro atoms. The molecule has 0 unspecified atom stereocenters. The molecule has 23 heavy (non-hydrogen) atoms. The van der Waals surface area contributed by atoms with E-state index >= 15 is 0 Å². The second-order valence-electron chi connectivity index (χ2n) is 4.63. The minimum absolute atomic E-state index is 0.00123. The molecule has 0 radical (unpaired) electrons. The van der Waals surface area contributed by atoms with Gasteiger partial charge >= 0.3 is 0 Å². The lowest BCUT2D eigenvalue weighted by Crippen LogP contribution is -2.21. The van der Waals surface area contributed by atoms with Crippen molar-refractivity contribution < 1.29 is 14.8 Å². The van der Waals surface area contributed by atoms with E-state index in [9.17, 15) is 9.59 Å². The summed E-state index contributed by atoms with van der Waals surface area (Å²) in [6.07, 6.45) is 13.5. The summed E-state index contributed by atoms with van der Waals surface area (Å²) in [6, 6.07) is 0. The van der Waals surface area contributed by atoms with Gasteiger partial charge in [-0.3, -0.25) is 14.8 Å². The average molecular weight is 325 g/mol. The molecular formula is C17H31N3O3. The highest BCUT2D eigenvalue weighted by Gasteiger charge is 2.03. The van der Waals surface area contributed by atoms with Crippen molar-refractivity contribution in [3.05, 3.63) is 36.1 Å². The molecule has 0 fully saturated rings. The zero-order chi connectivity index (χ0) is 17.9. The van der Waals surface area contributed by atoms with Crippen molar-refractivity contribution in [2.45, 2.75) is 52.4 Å². The van der Waals surface area contributed by atoms with Gasteiger partial charge in [0.05, 0.1) is 0 Å². The molecule has 0 aromatic heterocycles. The van der Waals surface area contributed by atoms with Crippen molar-refractivity contribution in [2.75, 3.05) is 7.05 Å². The Balaban J connectivity index is 0. The minimum Gasteiger partial charge on any atom is -0.333 e. The lowest BCUT2D eigenvalue weighted by molar-refractivity contribution is -0.129. The predicted molar refractivity (Wildman–Crippen MR) is 93.6 cm³/mol. The van der Waals surface area contributed by atoms with E-state index in [4.69, 9.17) is 5.21 Å². The van der Waals surface area contributed by atoms with Crippen LogP contribution in [0.3, 0.4) is 0 Å². The summed E-state index contributed by atoms with van der Waals surface area (Å²) < 4.78 is 0. The van der Waals surface area contributed by atoms with Crippen molar-refractivity contribution in [1.82, 2.24) is 10.8 Å². The Labute approximate surface area is 139 Å². The van der Waals surface area contributed by atoms with Crippen LogP contribution in [0.15, 0.2) is 36.1 Å². The Kier molecular flexibility index (Phi) is 18.4. The topological polar surface area (TPSA) is 104 Å². The number of nitrogens with two attached hydrogens (primary N) is 1. The Morgan fingerprint density at radius 3 is 2.00 bits per heavy atom. The van der Waals surface area contributed by atoms with Gasteiger partial charge in [-0.15, -0.1) is 0 Å². The maximum absolute atomic E-state index is 11.7. The fraction of sp³-hybridized carbons (Fsp3) is 0.529. The van der Waals surface area contributed by atoms with E-state index in [0.29, 0.717) is 12.8 Å². The smallest absolute Gasteiger partial charge is 0.243 e. The molecule has 6 nitrogen and oxygen atoms in total. The van der Waals surface area contributed by atoms with Gasteiger partial charge in [0.25, 0.3) is 0 Å². The van der Waals surface area contributed by atoms with E-state index in [1.165, 1.54) is 7.05 Å². The first-order chi connectivity index (χ1) is 11.1. The quantitative estimate of drug-likeness (QED) is 0.214. The van der Waals surface area contributed by atoms with E-state index in [1.54, 1.807) is 5.48 Å². The molecule has 0 aromatic rings. The maximum atomic E-state index is 11.7. The largest absolute Gasteiger partial charge is 0.333 e. The number of unbranched alkanes of at least 4 members (excludes halogenated alkanes) is 3. The van der Waals surface area contributed by atoms with Crippen LogP contribution >= 0.6 is 0 Å². The van der Waals surface area contributed by atoms with E-state index in [2.05, 4.69) is 11.1 Å². The van der Waals surface area contributed by atoms with E-state index in [0.717, 1.165) is 31.4 Å². The van der Waals surface area contributed by atoms with Crippen molar-refractivity contribution in [3.63, 3.8) is 0 Å². The molecule has 0 aliphatic heterocycles. The van der Waals surface area contributed by atoms with Crippen LogP contribution in [0.5, 0.6) is 0 Å². The van der Waals surface area contributed by atoms with Gasteiger partial charge in [-0.1, -0.05) is 37.1 Å². The average Bonchev–Trinajstić information content (AvgIpc) is 2.58. The summed E-state index contributed by atoms with van der Waals surface area (Å²) in [5.41, 5.74) is 6.89. The predicted octanol–water partition coefficient (Wildman–Crippen LogP) is 2.56. The van der Waals surface area contributed by atoms with Crippen LogP contribution in [0.1, 0.15) is 52.4 Å². The lowest BCUT2D eigenvalue weighted by atomic mass is 10.1. The lowest BCUT2D eigenvalue weighted by Gasteiger charge is -2.05. The monoisotopic (exact) mass is 325 g/mol. The third kappa shape index (κ3) is 16.3. The number of hydrogen-bond donors (Lipinski definition) is 4. The van der Waals surface area contributed by atoms with Crippen LogP contribution in [0, 0.1) is 0 Å². The van der Waals surface area contributed by atoms with Crippen LogP contribution in [-0.4, -0.2) is 24.1 Å². The number of carbonyl (C=O) groups excluding carboxylic acids is 2. The molecule has 132 valence electrons. The van der Waals surface area contributed by atoms with Crippen LogP contribution in [0.4, 0.5) is 0 Å². The Bertz CT molecular complexity index is 402. The molecule has 0 aromatic carbocycles. The molecule has 5 N–H and O–H groups in total. The summed E-state index contributed by atoms with van der Waals surface area (Å²) in [6.45, 7) is 3.81. The fourth-order valence-corrected chi connectivity index (χ4v) is 1.68. The number of carbonyl (C=O) groups is 2. The molecule has 0 saturated heterocycles. The van der Waals surface area contributed by atoms with Gasteiger partial charge in [-0.25, -0.2) is 5.48 Å². The van der Waals surface area contributed by atoms with Crippen molar-refractivity contribution in [2.24, 2.45) is 5.73 Å². The second-order valence-corrected chi connectivity index (χ2v) is 4.63. The Hall–Kier alpha value is -1.92. The van der Waals surface area contributed by atoms with Gasteiger partial charge in [0.1, 0.15) is 0 Å². The number of allylic oxidation sites excluding steroid dienone is 5. The highest BCUT2D eigenvalue weighted by atomic mass is 16.5. The Morgan fingerprint density at radius 1 is 0.957 bits per heavy atom. The molecule has 6 heteroatoms. The first-order valence-electron chi connectivity index (χ1n) is 7.90. The van der Waals surface area contributed by atoms with E-state index < -0.39 is 0 Å². The minimum atomic E-state index is -0.363. The second kappa shape index (κ2) is 18.1. The summed E-state index contributed by atoms with van der Waals surface area (Å²) >= 11 is 0. The van der Waals surface area contributed by atoms with Crippen LogP contribution in [0.2, 0.25) is 0 Å². The molecule has 2 amide bonds. The van der Waals surface area contributed by atoms with E-state index in [-0.39, 0.29) is 11.8 Å². The third-order valence-corrected chi connectivity index (χ3v) is 2.86. The molecule has 0 saturated carbocycles. The van der Waals surface area contributed by atoms with Gasteiger partial charge in [-0.05, 0) is 39.8 Å². The molecule has 0 aliphatic carbocycles. The summed E-state index contributed by atoms with van der Waals surface area (Å²) in [4.78, 5) is 22.5. The first kappa shape index (κ1) is 23.3. The number of nitrogens with one attached hydrogen (secondary N) is 2. The van der Waals surface area contributed by atoms with Crippen LogP contribution in [-0.2, 0) is 9.59 Å². The number of hydrogen-bond acceptors (Lipinski definition) is 4. The fourth-order valence-electron chi connectivity index (χ4n) is 1.68. The molecule has 0 rings (SSSR count). The molecule has 0 aliphatic rings. The first-order valence-corrected chi connectivity index (χ1v) is 7.90. The van der Waals surface area contributed by atoms with Gasteiger partial charge < -0.3 is 11.1 Å². The van der Waals surface area contributed by atoms with Crippen molar-refractivity contribution in [1.29, 1.82) is 0 Å². The molecular weight excluding hydrogens is 294 g/mol. The third-order valence-electron chi connectivity index (χ3n) is 2.86. The number of rotatable bonds is 10. The zero-order valence-electron chi connectivity index (χ0n) is 14.5. The van der Waals surface area contributed by atoms with E-state index in [1.807, 2.05) is 44.2 Å². The SMILES string of the molecule is CN.C\C=C/C=C\C(=C/C)NC(=O)CCCCCCC(=O)NO. The molecule has 0 atom stereocenters. The van der Waals surface area contributed by atoms with Crippen LogP contribution in [0.25, 0.3) is 0 Å². The van der Waals surface area contributed by atoms with Gasteiger partial charge in [0, 0.05) is 18.5 Å². The van der Waals surface area contributed by atoms with Gasteiger partial charge in [-0.2, -0.15) is 0 Å². The van der Waals surface area contributed by atoms with Crippen LogP contribution < -0.4 is 16.5 Å². The summed E-state index contributed by atoms with van der Waals surface area (Å²) in [5, 5.41) is 11.2. The summed E-state index contributed by atoms with van der Waals surface area (Å²) in [7, 11) is 1.50. The highest BCUT2D eigenvalue weighted by molar-refractivity contribution is 5.78. The summed E-state index contributed by atoms with van der Waals surface area (Å²) in [5.74, 6) is -0.361. The molecule has 0 bridgehead atoms. The highest BCUT2D eigenvalue weighted by Crippen LogP contribution is 2.06. The normalized spacial score (nSPS) is 11.3. The van der Waals surface area contributed by atoms with Gasteiger partial charge in [0.2, 0.25) is 11.8 Å².